The van der Waals surface area contributed by atoms with Crippen LogP contribution < -0.4 is 10.1 Å². The van der Waals surface area contributed by atoms with E-state index < -0.39 is 29.7 Å². The van der Waals surface area contributed by atoms with Gasteiger partial charge in [0.25, 0.3) is 5.91 Å². The minimum absolute atomic E-state index is 0.0112. The summed E-state index contributed by atoms with van der Waals surface area (Å²) in [5.74, 6) is -0.849. The molecule has 2 atom stereocenters. The van der Waals surface area contributed by atoms with Crippen molar-refractivity contribution in [3.8, 4) is 17.2 Å². The van der Waals surface area contributed by atoms with E-state index >= 15 is 0 Å². The van der Waals surface area contributed by atoms with Crippen molar-refractivity contribution in [2.75, 3.05) is 0 Å². The molecular weight excluding hydrogens is 427 g/mol. The van der Waals surface area contributed by atoms with E-state index in [4.69, 9.17) is 16.0 Å². The van der Waals surface area contributed by atoms with Gasteiger partial charge in [-0.25, -0.2) is 0 Å². The maximum absolute atomic E-state index is 12.5. The summed E-state index contributed by atoms with van der Waals surface area (Å²) in [5, 5.41) is 21.0. The summed E-state index contributed by atoms with van der Waals surface area (Å²) in [6.07, 6.45) is -5.55. The highest BCUT2D eigenvalue weighted by atomic mass is 35.5. The molecule has 1 aliphatic rings. The third kappa shape index (κ3) is 4.10. The molecule has 3 aromatic rings. The number of hydrogen-bond acceptors (Lipinski definition) is 6. The highest BCUT2D eigenvalue weighted by Crippen LogP contribution is 2.46. The summed E-state index contributed by atoms with van der Waals surface area (Å²) in [7, 11) is 0. The van der Waals surface area contributed by atoms with Crippen LogP contribution in [0.25, 0.3) is 11.5 Å². The number of aliphatic hydroxyl groups is 1. The minimum atomic E-state index is -4.80. The molecule has 0 radical (unpaired) electrons. The molecule has 4 rings (SSSR count). The van der Waals surface area contributed by atoms with Crippen LogP contribution in [0.3, 0.4) is 0 Å². The van der Waals surface area contributed by atoms with Crippen LogP contribution in [0.4, 0.5) is 13.2 Å². The molecule has 0 saturated heterocycles. The summed E-state index contributed by atoms with van der Waals surface area (Å²) in [4.78, 5) is 12.5. The lowest BCUT2D eigenvalue weighted by molar-refractivity contribution is -0.274. The Labute approximate surface area is 172 Å². The molecule has 1 saturated carbocycles. The van der Waals surface area contributed by atoms with E-state index in [1.807, 2.05) is 0 Å². The van der Waals surface area contributed by atoms with Crippen molar-refractivity contribution in [1.29, 1.82) is 0 Å². The van der Waals surface area contributed by atoms with Gasteiger partial charge in [-0.1, -0.05) is 11.6 Å². The van der Waals surface area contributed by atoms with E-state index in [-0.39, 0.29) is 18.2 Å². The predicted octanol–water partition coefficient (Wildman–Crippen LogP) is 3.68. The van der Waals surface area contributed by atoms with Gasteiger partial charge in [-0.15, -0.1) is 23.4 Å². The number of rotatable bonds is 5. The Bertz CT molecular complexity index is 1070. The Morgan fingerprint density at radius 1 is 1.17 bits per heavy atom. The van der Waals surface area contributed by atoms with Gasteiger partial charge >= 0.3 is 6.36 Å². The average molecular weight is 440 g/mol. The summed E-state index contributed by atoms with van der Waals surface area (Å²) in [6.45, 7) is 0. The SMILES string of the molecule is O=C(NC1(c2nnc(-c3ccc(OC(F)(F)F)cc3)o2)CC1O)c1ccc(Cl)cc1. The van der Waals surface area contributed by atoms with Crippen LogP contribution in [0.2, 0.25) is 5.02 Å². The first kappa shape index (κ1) is 20.2. The Morgan fingerprint density at radius 3 is 2.37 bits per heavy atom. The second-order valence-corrected chi connectivity index (χ2v) is 7.07. The third-order valence-corrected chi connectivity index (χ3v) is 4.76. The third-order valence-electron chi connectivity index (χ3n) is 4.51. The van der Waals surface area contributed by atoms with Gasteiger partial charge in [0.05, 0.1) is 6.10 Å². The van der Waals surface area contributed by atoms with E-state index in [2.05, 4.69) is 20.3 Å². The van der Waals surface area contributed by atoms with Crippen LogP contribution in [0.5, 0.6) is 5.75 Å². The van der Waals surface area contributed by atoms with E-state index in [9.17, 15) is 23.1 Å². The molecular formula is C19H13ClF3N3O4. The molecule has 0 spiro atoms. The second-order valence-electron chi connectivity index (χ2n) is 6.64. The molecule has 1 heterocycles. The Hall–Kier alpha value is -3.11. The van der Waals surface area contributed by atoms with Gasteiger partial charge in [0.1, 0.15) is 11.3 Å². The molecule has 30 heavy (non-hydrogen) atoms. The monoisotopic (exact) mass is 439 g/mol. The van der Waals surface area contributed by atoms with E-state index in [1.54, 1.807) is 12.1 Å². The van der Waals surface area contributed by atoms with Gasteiger partial charge in [0, 0.05) is 22.6 Å². The largest absolute Gasteiger partial charge is 0.573 e. The molecule has 0 bridgehead atoms. The first-order valence-electron chi connectivity index (χ1n) is 8.63. The quantitative estimate of drug-likeness (QED) is 0.629. The number of aromatic nitrogens is 2. The normalized spacial score (nSPS) is 20.6. The smallest absolute Gasteiger partial charge is 0.418 e. The second kappa shape index (κ2) is 7.29. The summed E-state index contributed by atoms with van der Waals surface area (Å²) in [5.41, 5.74) is -0.558. The van der Waals surface area contributed by atoms with Gasteiger partial charge in [0.2, 0.25) is 11.8 Å². The van der Waals surface area contributed by atoms with Crippen LogP contribution in [0, 0.1) is 0 Å². The Kier molecular flexibility index (Phi) is 4.91. The predicted molar refractivity (Wildman–Crippen MR) is 97.6 cm³/mol. The standard InChI is InChI=1S/C19H13ClF3N3O4/c20-12-5-1-10(2-6-12)15(28)24-18(9-14(18)27)17-26-25-16(29-17)11-3-7-13(8-4-11)30-19(21,22)23/h1-8,14,27H,9H2,(H,24,28). The van der Waals surface area contributed by atoms with Crippen molar-refractivity contribution >= 4 is 17.5 Å². The lowest BCUT2D eigenvalue weighted by Gasteiger charge is -2.14. The highest BCUT2D eigenvalue weighted by molar-refractivity contribution is 6.30. The summed E-state index contributed by atoms with van der Waals surface area (Å²) < 4.78 is 46.2. The molecule has 2 unspecified atom stereocenters. The number of carbonyl (C=O) groups is 1. The molecule has 2 aromatic carbocycles. The molecule has 2 N–H and O–H groups in total. The lowest BCUT2D eigenvalue weighted by Crippen LogP contribution is -2.38. The molecule has 1 aromatic heterocycles. The van der Waals surface area contributed by atoms with E-state index in [0.29, 0.717) is 16.1 Å². The Balaban J connectivity index is 1.52. The first-order valence-corrected chi connectivity index (χ1v) is 9.00. The van der Waals surface area contributed by atoms with Crippen LogP contribution in [0.1, 0.15) is 22.7 Å². The number of halogens is 4. The van der Waals surface area contributed by atoms with Crippen molar-refractivity contribution < 1.29 is 32.2 Å². The van der Waals surface area contributed by atoms with Crippen molar-refractivity contribution in [1.82, 2.24) is 15.5 Å². The number of hydrogen-bond donors (Lipinski definition) is 2. The molecule has 1 fully saturated rings. The number of amides is 1. The topological polar surface area (TPSA) is 97.5 Å². The molecule has 1 aliphatic carbocycles. The molecule has 1 amide bonds. The van der Waals surface area contributed by atoms with E-state index in [1.165, 1.54) is 24.3 Å². The van der Waals surface area contributed by atoms with Crippen molar-refractivity contribution in [2.24, 2.45) is 0 Å². The van der Waals surface area contributed by atoms with Gasteiger partial charge in [-0.2, -0.15) is 0 Å². The number of nitrogens with zero attached hydrogens (tertiary/aromatic N) is 2. The fraction of sp³-hybridized carbons (Fsp3) is 0.211. The van der Waals surface area contributed by atoms with E-state index in [0.717, 1.165) is 12.1 Å². The molecule has 156 valence electrons. The van der Waals surface area contributed by atoms with Crippen LogP contribution in [0.15, 0.2) is 52.9 Å². The average Bonchev–Trinajstić information content (AvgIpc) is 3.10. The van der Waals surface area contributed by atoms with Crippen molar-refractivity contribution in [2.45, 2.75) is 24.4 Å². The number of benzene rings is 2. The zero-order valence-corrected chi connectivity index (χ0v) is 15.7. The van der Waals surface area contributed by atoms with Crippen molar-refractivity contribution in [3.63, 3.8) is 0 Å². The maximum Gasteiger partial charge on any atom is 0.573 e. The Morgan fingerprint density at radius 2 is 1.80 bits per heavy atom. The fourth-order valence-corrected chi connectivity index (χ4v) is 2.99. The van der Waals surface area contributed by atoms with Crippen LogP contribution >= 0.6 is 11.6 Å². The van der Waals surface area contributed by atoms with Gasteiger partial charge in [0.15, 0.2) is 0 Å². The number of alkyl halides is 3. The fourth-order valence-electron chi connectivity index (χ4n) is 2.86. The number of carbonyl (C=O) groups excluding carboxylic acids is 1. The van der Waals surface area contributed by atoms with Crippen LogP contribution in [-0.4, -0.2) is 33.7 Å². The molecule has 7 nitrogen and oxygen atoms in total. The zero-order chi connectivity index (χ0) is 21.5. The molecule has 0 aliphatic heterocycles. The lowest BCUT2D eigenvalue weighted by atomic mass is 10.2. The summed E-state index contributed by atoms with van der Waals surface area (Å²) >= 11 is 5.81. The number of aliphatic hydroxyl groups excluding tert-OH is 1. The highest BCUT2D eigenvalue weighted by Gasteiger charge is 2.60. The number of ether oxygens (including phenoxy) is 1. The zero-order valence-electron chi connectivity index (χ0n) is 15.0. The summed E-state index contributed by atoms with van der Waals surface area (Å²) in [6, 6.07) is 11.0. The minimum Gasteiger partial charge on any atom is -0.418 e. The number of nitrogens with one attached hydrogen (secondary N) is 1. The van der Waals surface area contributed by atoms with Gasteiger partial charge in [-0.05, 0) is 48.5 Å². The van der Waals surface area contributed by atoms with Crippen molar-refractivity contribution in [3.05, 3.63) is 65.0 Å². The first-order chi connectivity index (χ1) is 14.2. The maximum atomic E-state index is 12.5. The van der Waals surface area contributed by atoms with Gasteiger partial charge in [-0.3, -0.25) is 4.79 Å². The van der Waals surface area contributed by atoms with Crippen LogP contribution in [-0.2, 0) is 5.54 Å². The molecule has 11 heteroatoms. The van der Waals surface area contributed by atoms with Gasteiger partial charge < -0.3 is 19.6 Å².